The van der Waals surface area contributed by atoms with Crippen LogP contribution in [-0.4, -0.2) is 28.9 Å². The summed E-state index contributed by atoms with van der Waals surface area (Å²) in [6.07, 6.45) is -5.46. The molecule has 2 N–H and O–H groups in total. The third kappa shape index (κ3) is 3.36. The van der Waals surface area contributed by atoms with E-state index in [0.717, 1.165) is 13.3 Å². The van der Waals surface area contributed by atoms with Gasteiger partial charge in [-0.05, 0) is 13.8 Å². The Labute approximate surface area is 95.8 Å². The molecule has 0 fully saturated rings. The summed E-state index contributed by atoms with van der Waals surface area (Å²) in [4.78, 5) is 7.21. The van der Waals surface area contributed by atoms with Crippen molar-refractivity contribution < 1.29 is 22.6 Å². The molecule has 0 saturated heterocycles. The Bertz CT molecular complexity index is 384. The van der Waals surface area contributed by atoms with E-state index in [4.69, 9.17) is 10.5 Å². The van der Waals surface area contributed by atoms with Gasteiger partial charge in [0.05, 0.1) is 6.61 Å². The molecule has 1 aromatic rings. The quantitative estimate of drug-likeness (QED) is 0.883. The van der Waals surface area contributed by atoms with E-state index in [2.05, 4.69) is 14.7 Å². The first-order chi connectivity index (χ1) is 7.86. The van der Waals surface area contributed by atoms with Crippen molar-refractivity contribution in [3.63, 3.8) is 0 Å². The third-order valence-corrected chi connectivity index (χ3v) is 1.84. The van der Waals surface area contributed by atoms with Crippen LogP contribution in [0.4, 0.5) is 18.9 Å². The molecule has 1 aromatic heterocycles. The SMILES string of the molecule is CCOc1ncnc(OC(C)C(F)(F)F)c1N. The molecule has 0 spiro atoms. The number of ether oxygens (including phenoxy) is 2. The van der Waals surface area contributed by atoms with Crippen molar-refractivity contribution in [3.8, 4) is 11.8 Å². The number of nitrogen functional groups attached to an aromatic ring is 1. The van der Waals surface area contributed by atoms with Crippen molar-refractivity contribution in [1.82, 2.24) is 9.97 Å². The van der Waals surface area contributed by atoms with Crippen molar-refractivity contribution in [1.29, 1.82) is 0 Å². The first kappa shape index (κ1) is 13.3. The Morgan fingerprint density at radius 3 is 2.47 bits per heavy atom. The number of alkyl halides is 3. The molecule has 5 nitrogen and oxygen atoms in total. The topological polar surface area (TPSA) is 70.3 Å². The second kappa shape index (κ2) is 5.07. The Hall–Kier alpha value is -1.73. The first-order valence-electron chi connectivity index (χ1n) is 4.82. The van der Waals surface area contributed by atoms with E-state index in [1.165, 1.54) is 0 Å². The van der Waals surface area contributed by atoms with Gasteiger partial charge < -0.3 is 15.2 Å². The van der Waals surface area contributed by atoms with Gasteiger partial charge >= 0.3 is 6.18 Å². The Morgan fingerprint density at radius 1 is 1.35 bits per heavy atom. The summed E-state index contributed by atoms with van der Waals surface area (Å²) in [5, 5.41) is 0. The van der Waals surface area contributed by atoms with E-state index in [1.54, 1.807) is 6.92 Å². The molecule has 0 bridgehead atoms. The summed E-state index contributed by atoms with van der Waals surface area (Å²) in [6, 6.07) is 0. The second-order valence-electron chi connectivity index (χ2n) is 3.13. The molecule has 1 heterocycles. The molecule has 0 aliphatic rings. The number of anilines is 1. The predicted molar refractivity (Wildman–Crippen MR) is 53.8 cm³/mol. The Balaban J connectivity index is 2.88. The highest BCUT2D eigenvalue weighted by molar-refractivity contribution is 5.55. The second-order valence-corrected chi connectivity index (χ2v) is 3.13. The maximum absolute atomic E-state index is 12.3. The van der Waals surface area contributed by atoms with E-state index in [9.17, 15) is 13.2 Å². The minimum absolute atomic E-state index is 0.00637. The summed E-state index contributed by atoms with van der Waals surface area (Å²) in [5.41, 5.74) is 5.37. The number of hydrogen-bond acceptors (Lipinski definition) is 5. The fourth-order valence-electron chi connectivity index (χ4n) is 0.944. The lowest BCUT2D eigenvalue weighted by molar-refractivity contribution is -0.189. The van der Waals surface area contributed by atoms with Crippen molar-refractivity contribution in [3.05, 3.63) is 6.33 Å². The zero-order chi connectivity index (χ0) is 13.1. The molecule has 1 rings (SSSR count). The standard InChI is InChI=1S/C9H12F3N3O2/c1-3-16-7-6(13)8(15-4-14-7)17-5(2)9(10,11)12/h4-5H,3,13H2,1-2H3. The monoisotopic (exact) mass is 251 g/mol. The van der Waals surface area contributed by atoms with E-state index in [0.29, 0.717) is 0 Å². The lowest BCUT2D eigenvalue weighted by Gasteiger charge is -2.18. The van der Waals surface area contributed by atoms with Gasteiger partial charge in [0.25, 0.3) is 0 Å². The summed E-state index contributed by atoms with van der Waals surface area (Å²) >= 11 is 0. The average molecular weight is 251 g/mol. The number of nitrogens with two attached hydrogens (primary N) is 1. The minimum Gasteiger partial charge on any atom is -0.476 e. The Kier molecular flexibility index (Phi) is 3.97. The molecule has 1 atom stereocenters. The van der Waals surface area contributed by atoms with Gasteiger partial charge in [0.1, 0.15) is 6.33 Å². The van der Waals surface area contributed by atoms with Crippen LogP contribution < -0.4 is 15.2 Å². The van der Waals surface area contributed by atoms with Crippen LogP contribution >= 0.6 is 0 Å². The maximum atomic E-state index is 12.3. The molecule has 0 aliphatic carbocycles. The zero-order valence-corrected chi connectivity index (χ0v) is 9.28. The van der Waals surface area contributed by atoms with Crippen LogP contribution in [0.5, 0.6) is 11.8 Å². The van der Waals surface area contributed by atoms with E-state index in [-0.39, 0.29) is 24.1 Å². The fourth-order valence-corrected chi connectivity index (χ4v) is 0.944. The number of hydrogen-bond donors (Lipinski definition) is 1. The van der Waals surface area contributed by atoms with Crippen LogP contribution in [0.1, 0.15) is 13.8 Å². The maximum Gasteiger partial charge on any atom is 0.425 e. The van der Waals surface area contributed by atoms with Crippen LogP contribution in [0.25, 0.3) is 0 Å². The normalized spacial score (nSPS) is 13.2. The van der Waals surface area contributed by atoms with Gasteiger partial charge in [-0.25, -0.2) is 0 Å². The van der Waals surface area contributed by atoms with Crippen LogP contribution in [0.15, 0.2) is 6.33 Å². The van der Waals surface area contributed by atoms with Gasteiger partial charge in [-0.15, -0.1) is 0 Å². The largest absolute Gasteiger partial charge is 0.476 e. The number of halogens is 3. The highest BCUT2D eigenvalue weighted by Crippen LogP contribution is 2.30. The summed E-state index contributed by atoms with van der Waals surface area (Å²) in [5.74, 6) is -0.333. The lowest BCUT2D eigenvalue weighted by Crippen LogP contribution is -2.31. The fraction of sp³-hybridized carbons (Fsp3) is 0.556. The van der Waals surface area contributed by atoms with Gasteiger partial charge in [-0.3, -0.25) is 0 Å². The molecule has 0 amide bonds. The first-order valence-corrected chi connectivity index (χ1v) is 4.82. The van der Waals surface area contributed by atoms with Gasteiger partial charge in [0.2, 0.25) is 11.8 Å². The smallest absolute Gasteiger partial charge is 0.425 e. The molecule has 0 aliphatic heterocycles. The predicted octanol–water partition coefficient (Wildman–Crippen LogP) is 1.79. The highest BCUT2D eigenvalue weighted by Gasteiger charge is 2.38. The van der Waals surface area contributed by atoms with Crippen molar-refractivity contribution in [2.45, 2.75) is 26.1 Å². The summed E-state index contributed by atoms with van der Waals surface area (Å²) < 4.78 is 46.4. The minimum atomic E-state index is -4.48. The van der Waals surface area contributed by atoms with Crippen molar-refractivity contribution in [2.75, 3.05) is 12.3 Å². The van der Waals surface area contributed by atoms with Crippen molar-refractivity contribution in [2.24, 2.45) is 0 Å². The van der Waals surface area contributed by atoms with Gasteiger partial charge in [0.15, 0.2) is 11.8 Å². The summed E-state index contributed by atoms with van der Waals surface area (Å²) in [6.45, 7) is 2.85. The van der Waals surface area contributed by atoms with Crippen molar-refractivity contribution >= 4 is 5.69 Å². The molecule has 8 heteroatoms. The van der Waals surface area contributed by atoms with E-state index in [1.807, 2.05) is 0 Å². The molecule has 0 aromatic carbocycles. The van der Waals surface area contributed by atoms with Crippen LogP contribution in [0, 0.1) is 0 Å². The summed E-state index contributed by atoms with van der Waals surface area (Å²) in [7, 11) is 0. The average Bonchev–Trinajstić information content (AvgIpc) is 2.22. The number of aromatic nitrogens is 2. The lowest BCUT2D eigenvalue weighted by atomic mass is 10.4. The van der Waals surface area contributed by atoms with Gasteiger partial charge in [-0.1, -0.05) is 0 Å². The van der Waals surface area contributed by atoms with E-state index < -0.39 is 12.3 Å². The van der Waals surface area contributed by atoms with E-state index >= 15 is 0 Å². The van der Waals surface area contributed by atoms with Crippen LogP contribution in [0.2, 0.25) is 0 Å². The van der Waals surface area contributed by atoms with Gasteiger partial charge in [0, 0.05) is 0 Å². The van der Waals surface area contributed by atoms with Crippen LogP contribution in [-0.2, 0) is 0 Å². The number of rotatable bonds is 4. The van der Waals surface area contributed by atoms with Gasteiger partial charge in [-0.2, -0.15) is 23.1 Å². The molecule has 0 radical (unpaired) electrons. The molecule has 0 saturated carbocycles. The molecule has 17 heavy (non-hydrogen) atoms. The zero-order valence-electron chi connectivity index (χ0n) is 9.28. The van der Waals surface area contributed by atoms with Crippen LogP contribution in [0.3, 0.4) is 0 Å². The number of nitrogens with zero attached hydrogens (tertiary/aromatic N) is 2. The highest BCUT2D eigenvalue weighted by atomic mass is 19.4. The molecular formula is C9H12F3N3O2. The third-order valence-electron chi connectivity index (χ3n) is 1.84. The molecule has 1 unspecified atom stereocenters. The Morgan fingerprint density at radius 2 is 1.94 bits per heavy atom. The molecular weight excluding hydrogens is 239 g/mol. The molecule has 96 valence electrons.